The number of amides is 1. The van der Waals surface area contributed by atoms with Crippen LogP contribution in [0.4, 0.5) is 0 Å². The molecule has 1 saturated carbocycles. The zero-order chi connectivity index (χ0) is 15.2. The first kappa shape index (κ1) is 15.5. The van der Waals surface area contributed by atoms with Gasteiger partial charge in [-0.2, -0.15) is 5.26 Å². The van der Waals surface area contributed by atoms with Gasteiger partial charge in [0.05, 0.1) is 11.6 Å². The summed E-state index contributed by atoms with van der Waals surface area (Å²) in [6.07, 6.45) is 4.63. The summed E-state index contributed by atoms with van der Waals surface area (Å²) in [5.41, 5.74) is 1.10. The van der Waals surface area contributed by atoms with Crippen LogP contribution in [0.15, 0.2) is 24.3 Å². The Morgan fingerprint density at radius 1 is 1.38 bits per heavy atom. The Hall–Kier alpha value is -1.86. The van der Waals surface area contributed by atoms with Crippen molar-refractivity contribution >= 4 is 5.91 Å². The third kappa shape index (κ3) is 4.30. The summed E-state index contributed by atoms with van der Waals surface area (Å²) in [7, 11) is 4.15. The Balaban J connectivity index is 2.04. The second-order valence-electron chi connectivity index (χ2n) is 6.08. The SMILES string of the molecule is CN(C)CC1CCCCC1NC(=O)c1cccc(C#N)c1. The number of hydrogen-bond donors (Lipinski definition) is 1. The fourth-order valence-corrected chi connectivity index (χ4v) is 3.07. The van der Waals surface area contributed by atoms with Crippen LogP contribution in [0.5, 0.6) is 0 Å². The van der Waals surface area contributed by atoms with Crippen LogP contribution in [0.2, 0.25) is 0 Å². The molecule has 0 saturated heterocycles. The summed E-state index contributed by atoms with van der Waals surface area (Å²) in [6.45, 7) is 1.00. The third-order valence-corrected chi connectivity index (χ3v) is 4.08. The Bertz CT molecular complexity index is 533. The van der Waals surface area contributed by atoms with Gasteiger partial charge in [0.1, 0.15) is 0 Å². The number of benzene rings is 1. The van der Waals surface area contributed by atoms with Gasteiger partial charge in [0, 0.05) is 18.2 Å². The number of rotatable bonds is 4. The summed E-state index contributed by atoms with van der Waals surface area (Å²) in [4.78, 5) is 14.6. The second-order valence-corrected chi connectivity index (χ2v) is 6.08. The molecule has 1 amide bonds. The van der Waals surface area contributed by atoms with E-state index in [4.69, 9.17) is 5.26 Å². The van der Waals surface area contributed by atoms with E-state index >= 15 is 0 Å². The van der Waals surface area contributed by atoms with Gasteiger partial charge in [0.25, 0.3) is 5.91 Å². The Morgan fingerprint density at radius 2 is 2.14 bits per heavy atom. The molecule has 21 heavy (non-hydrogen) atoms. The molecule has 1 aliphatic carbocycles. The molecule has 0 heterocycles. The Labute approximate surface area is 126 Å². The summed E-state index contributed by atoms with van der Waals surface area (Å²) in [6, 6.07) is 9.20. The van der Waals surface area contributed by atoms with E-state index in [1.165, 1.54) is 19.3 Å². The minimum absolute atomic E-state index is 0.0669. The smallest absolute Gasteiger partial charge is 0.251 e. The van der Waals surface area contributed by atoms with Crippen molar-refractivity contribution in [2.24, 2.45) is 5.92 Å². The van der Waals surface area contributed by atoms with E-state index in [0.717, 1.165) is 13.0 Å². The highest BCUT2D eigenvalue weighted by Gasteiger charge is 2.27. The summed E-state index contributed by atoms with van der Waals surface area (Å²) in [5.74, 6) is 0.444. The van der Waals surface area contributed by atoms with Gasteiger partial charge >= 0.3 is 0 Å². The maximum Gasteiger partial charge on any atom is 0.251 e. The molecule has 1 N–H and O–H groups in total. The van der Waals surface area contributed by atoms with Gasteiger partial charge in [-0.1, -0.05) is 18.9 Å². The molecule has 4 heteroatoms. The molecule has 1 fully saturated rings. The van der Waals surface area contributed by atoms with Crippen LogP contribution in [0, 0.1) is 17.2 Å². The van der Waals surface area contributed by atoms with Gasteiger partial charge in [-0.05, 0) is 51.1 Å². The molecule has 0 spiro atoms. The van der Waals surface area contributed by atoms with E-state index in [0.29, 0.717) is 17.0 Å². The van der Waals surface area contributed by atoms with Crippen molar-refractivity contribution in [1.29, 1.82) is 5.26 Å². The highest BCUT2D eigenvalue weighted by atomic mass is 16.1. The fraction of sp³-hybridized carbons (Fsp3) is 0.529. The van der Waals surface area contributed by atoms with Crippen LogP contribution in [0.1, 0.15) is 41.6 Å². The van der Waals surface area contributed by atoms with Crippen molar-refractivity contribution in [3.63, 3.8) is 0 Å². The first-order chi connectivity index (χ1) is 10.1. The highest BCUT2D eigenvalue weighted by molar-refractivity contribution is 5.94. The Kier molecular flexibility index (Phi) is 5.35. The van der Waals surface area contributed by atoms with Crippen LogP contribution in [0.3, 0.4) is 0 Å². The van der Waals surface area contributed by atoms with Crippen molar-refractivity contribution in [3.8, 4) is 6.07 Å². The minimum atomic E-state index is -0.0669. The number of hydrogen-bond acceptors (Lipinski definition) is 3. The molecule has 1 aromatic rings. The number of carbonyl (C=O) groups excluding carboxylic acids is 1. The van der Waals surface area contributed by atoms with E-state index in [9.17, 15) is 4.79 Å². The second kappa shape index (κ2) is 7.24. The quantitative estimate of drug-likeness (QED) is 0.924. The van der Waals surface area contributed by atoms with E-state index in [2.05, 4.69) is 30.4 Å². The van der Waals surface area contributed by atoms with E-state index < -0.39 is 0 Å². The zero-order valence-electron chi connectivity index (χ0n) is 12.8. The lowest BCUT2D eigenvalue weighted by molar-refractivity contribution is 0.0895. The van der Waals surface area contributed by atoms with Crippen LogP contribution < -0.4 is 5.32 Å². The maximum atomic E-state index is 12.4. The molecule has 2 rings (SSSR count). The molecular formula is C17H23N3O. The standard InChI is InChI=1S/C17H23N3O/c1-20(2)12-15-7-3-4-9-16(15)19-17(21)14-8-5-6-13(10-14)11-18/h5-6,8,10,15-16H,3-4,7,9,12H2,1-2H3,(H,19,21). The van der Waals surface area contributed by atoms with Crippen molar-refractivity contribution in [2.45, 2.75) is 31.7 Å². The van der Waals surface area contributed by atoms with E-state index in [1.54, 1.807) is 24.3 Å². The molecule has 0 aromatic heterocycles. The Morgan fingerprint density at radius 3 is 2.86 bits per heavy atom. The van der Waals surface area contributed by atoms with Gasteiger partial charge in [-0.3, -0.25) is 4.79 Å². The molecule has 0 bridgehead atoms. The average Bonchev–Trinajstić information content (AvgIpc) is 2.48. The predicted octanol–water partition coefficient (Wildman–Crippen LogP) is 2.41. The molecule has 4 nitrogen and oxygen atoms in total. The number of nitrogens with zero attached hydrogens (tertiary/aromatic N) is 2. The maximum absolute atomic E-state index is 12.4. The largest absolute Gasteiger partial charge is 0.349 e. The third-order valence-electron chi connectivity index (χ3n) is 4.08. The van der Waals surface area contributed by atoms with Gasteiger partial charge < -0.3 is 10.2 Å². The fourth-order valence-electron chi connectivity index (χ4n) is 3.07. The van der Waals surface area contributed by atoms with Crippen LogP contribution >= 0.6 is 0 Å². The predicted molar refractivity (Wildman–Crippen MR) is 82.9 cm³/mol. The lowest BCUT2D eigenvalue weighted by Gasteiger charge is -2.34. The number of nitrogens with one attached hydrogen (secondary N) is 1. The van der Waals surface area contributed by atoms with Crippen molar-refractivity contribution in [1.82, 2.24) is 10.2 Å². The number of nitriles is 1. The first-order valence-corrected chi connectivity index (χ1v) is 7.56. The van der Waals surface area contributed by atoms with Crippen LogP contribution in [0.25, 0.3) is 0 Å². The van der Waals surface area contributed by atoms with Gasteiger partial charge in [-0.25, -0.2) is 0 Å². The lowest BCUT2D eigenvalue weighted by atomic mass is 9.84. The molecule has 112 valence electrons. The molecule has 0 aliphatic heterocycles. The molecule has 1 aromatic carbocycles. The number of carbonyl (C=O) groups is 1. The van der Waals surface area contributed by atoms with Crippen molar-refractivity contribution in [3.05, 3.63) is 35.4 Å². The first-order valence-electron chi connectivity index (χ1n) is 7.56. The van der Waals surface area contributed by atoms with E-state index in [1.807, 2.05) is 0 Å². The van der Waals surface area contributed by atoms with Crippen LogP contribution in [-0.4, -0.2) is 37.5 Å². The summed E-state index contributed by atoms with van der Waals surface area (Å²) < 4.78 is 0. The van der Waals surface area contributed by atoms with Crippen molar-refractivity contribution < 1.29 is 4.79 Å². The summed E-state index contributed by atoms with van der Waals surface area (Å²) in [5, 5.41) is 12.1. The molecule has 0 radical (unpaired) electrons. The molecular weight excluding hydrogens is 262 g/mol. The van der Waals surface area contributed by atoms with E-state index in [-0.39, 0.29) is 11.9 Å². The summed E-state index contributed by atoms with van der Waals surface area (Å²) >= 11 is 0. The highest BCUT2D eigenvalue weighted by Crippen LogP contribution is 2.25. The molecule has 1 aliphatic rings. The van der Waals surface area contributed by atoms with Gasteiger partial charge in [0.15, 0.2) is 0 Å². The normalized spacial score (nSPS) is 21.8. The lowest BCUT2D eigenvalue weighted by Crippen LogP contribution is -2.45. The van der Waals surface area contributed by atoms with Gasteiger partial charge in [0.2, 0.25) is 0 Å². The van der Waals surface area contributed by atoms with Gasteiger partial charge in [-0.15, -0.1) is 0 Å². The monoisotopic (exact) mass is 285 g/mol. The minimum Gasteiger partial charge on any atom is -0.349 e. The average molecular weight is 285 g/mol. The zero-order valence-corrected chi connectivity index (χ0v) is 12.8. The topological polar surface area (TPSA) is 56.1 Å². The molecule has 2 atom stereocenters. The molecule has 2 unspecified atom stereocenters. The van der Waals surface area contributed by atoms with Crippen LogP contribution in [-0.2, 0) is 0 Å². The van der Waals surface area contributed by atoms with Crippen molar-refractivity contribution in [2.75, 3.05) is 20.6 Å².